The highest BCUT2D eigenvalue weighted by Crippen LogP contribution is 2.21. The van der Waals surface area contributed by atoms with E-state index < -0.39 is 15.9 Å². The molecule has 1 saturated heterocycles. The Balaban J connectivity index is 1.48. The molecule has 0 atom stereocenters. The minimum Gasteiger partial charge on any atom is -0.379 e. The Morgan fingerprint density at radius 2 is 1.97 bits per heavy atom. The van der Waals surface area contributed by atoms with E-state index in [0.717, 1.165) is 0 Å². The predicted octanol–water partition coefficient (Wildman–Crippen LogP) is -0.533. The quantitative estimate of drug-likeness (QED) is 0.539. The average molecular weight is 446 g/mol. The van der Waals surface area contributed by atoms with Gasteiger partial charge in [-0.05, 0) is 11.6 Å². The van der Waals surface area contributed by atoms with Gasteiger partial charge in [0.15, 0.2) is 5.65 Å². The number of carbonyl (C=O) groups excluding carboxylic acids is 1. The summed E-state index contributed by atoms with van der Waals surface area (Å²) in [6, 6.07) is 6.54. The summed E-state index contributed by atoms with van der Waals surface area (Å²) in [4.78, 5) is 29.3. The van der Waals surface area contributed by atoms with Crippen LogP contribution in [0.2, 0.25) is 0 Å². The third kappa shape index (κ3) is 4.22. The summed E-state index contributed by atoms with van der Waals surface area (Å²) in [5.41, 5.74) is 0.531. The average Bonchev–Trinajstić information content (AvgIpc) is 3.16. The van der Waals surface area contributed by atoms with Crippen LogP contribution in [0, 0.1) is 0 Å². The lowest BCUT2D eigenvalue weighted by Gasteiger charge is -2.27. The Kier molecular flexibility index (Phi) is 5.85. The van der Waals surface area contributed by atoms with Crippen LogP contribution in [0.3, 0.4) is 0 Å². The standard InChI is InChI=1S/C19H22N6O5S/c1-23-18-15(11-22-23)19(27)24(13-21-18)12-17(26)20-10-14-4-2-3-5-16(14)31(28,29)25-6-8-30-9-7-25/h2-5,11,13H,6-10,12H2,1H3,(H,20,26). The monoisotopic (exact) mass is 446 g/mol. The van der Waals surface area contributed by atoms with Gasteiger partial charge in [0, 0.05) is 26.7 Å². The smallest absolute Gasteiger partial charge is 0.264 e. The first kappa shape index (κ1) is 21.2. The molecule has 0 radical (unpaired) electrons. The van der Waals surface area contributed by atoms with Crippen molar-refractivity contribution < 1.29 is 17.9 Å². The highest BCUT2D eigenvalue weighted by Gasteiger charge is 2.28. The van der Waals surface area contributed by atoms with Crippen molar-refractivity contribution in [2.24, 2.45) is 7.05 Å². The van der Waals surface area contributed by atoms with Gasteiger partial charge in [-0.2, -0.15) is 9.40 Å². The van der Waals surface area contributed by atoms with Crippen molar-refractivity contribution in [3.05, 3.63) is 52.7 Å². The molecule has 3 aromatic rings. The first-order valence-electron chi connectivity index (χ1n) is 9.67. The normalized spacial score (nSPS) is 15.3. The van der Waals surface area contributed by atoms with Gasteiger partial charge >= 0.3 is 0 Å². The van der Waals surface area contributed by atoms with Crippen LogP contribution in [-0.4, -0.2) is 64.3 Å². The maximum absolute atomic E-state index is 13.0. The van der Waals surface area contributed by atoms with E-state index in [1.807, 2.05) is 0 Å². The maximum atomic E-state index is 13.0. The molecule has 1 N–H and O–H groups in total. The number of morpholine rings is 1. The van der Waals surface area contributed by atoms with Gasteiger partial charge in [-0.1, -0.05) is 18.2 Å². The number of fused-ring (bicyclic) bond motifs is 1. The molecule has 4 rings (SSSR count). The number of carbonyl (C=O) groups is 1. The van der Waals surface area contributed by atoms with Crippen LogP contribution in [0.4, 0.5) is 0 Å². The van der Waals surface area contributed by atoms with Crippen LogP contribution in [-0.2, 0) is 39.7 Å². The van der Waals surface area contributed by atoms with Crippen LogP contribution >= 0.6 is 0 Å². The van der Waals surface area contributed by atoms with E-state index >= 15 is 0 Å². The molecular formula is C19H22N6O5S. The van der Waals surface area contributed by atoms with Crippen molar-refractivity contribution >= 4 is 27.0 Å². The van der Waals surface area contributed by atoms with E-state index in [1.54, 1.807) is 25.2 Å². The van der Waals surface area contributed by atoms with Crippen molar-refractivity contribution in [2.75, 3.05) is 26.3 Å². The van der Waals surface area contributed by atoms with Crippen molar-refractivity contribution in [1.29, 1.82) is 0 Å². The number of sulfonamides is 1. The summed E-state index contributed by atoms with van der Waals surface area (Å²) in [5.74, 6) is -0.439. The summed E-state index contributed by atoms with van der Waals surface area (Å²) in [6.07, 6.45) is 2.70. The molecule has 2 aromatic heterocycles. The van der Waals surface area contributed by atoms with E-state index in [0.29, 0.717) is 29.8 Å². The van der Waals surface area contributed by atoms with Gasteiger partial charge < -0.3 is 10.1 Å². The van der Waals surface area contributed by atoms with Crippen LogP contribution in [0.1, 0.15) is 5.56 Å². The predicted molar refractivity (Wildman–Crippen MR) is 111 cm³/mol. The number of hydrogen-bond donors (Lipinski definition) is 1. The first-order valence-corrected chi connectivity index (χ1v) is 11.1. The molecule has 1 aromatic carbocycles. The van der Waals surface area contributed by atoms with Crippen LogP contribution in [0.25, 0.3) is 11.0 Å². The molecule has 0 saturated carbocycles. The number of nitrogens with one attached hydrogen (secondary N) is 1. The molecule has 1 aliphatic heterocycles. The summed E-state index contributed by atoms with van der Waals surface area (Å²) in [5, 5.41) is 7.00. The fourth-order valence-corrected chi connectivity index (χ4v) is 5.04. The Labute approximate surface area is 178 Å². The number of rotatable bonds is 6. The van der Waals surface area contributed by atoms with E-state index in [2.05, 4.69) is 15.4 Å². The molecule has 0 spiro atoms. The highest BCUT2D eigenvalue weighted by atomic mass is 32.2. The second-order valence-corrected chi connectivity index (χ2v) is 8.99. The zero-order chi connectivity index (χ0) is 22.0. The molecule has 1 amide bonds. The van der Waals surface area contributed by atoms with Crippen LogP contribution < -0.4 is 10.9 Å². The molecule has 1 aliphatic rings. The molecule has 0 aliphatic carbocycles. The van der Waals surface area contributed by atoms with Gasteiger partial charge in [0.05, 0.1) is 24.3 Å². The topological polar surface area (TPSA) is 128 Å². The highest BCUT2D eigenvalue weighted by molar-refractivity contribution is 7.89. The van der Waals surface area contributed by atoms with Gasteiger partial charge in [0.1, 0.15) is 18.3 Å². The Morgan fingerprint density at radius 3 is 2.74 bits per heavy atom. The van der Waals surface area contributed by atoms with Gasteiger partial charge in [-0.25, -0.2) is 13.4 Å². The maximum Gasteiger partial charge on any atom is 0.264 e. The number of amides is 1. The summed E-state index contributed by atoms with van der Waals surface area (Å²) in [6.45, 7) is 1.04. The lowest BCUT2D eigenvalue weighted by atomic mass is 10.2. The Bertz CT molecular complexity index is 1280. The third-order valence-electron chi connectivity index (χ3n) is 5.07. The molecule has 0 unspecified atom stereocenters. The van der Waals surface area contributed by atoms with Gasteiger partial charge in [-0.15, -0.1) is 0 Å². The molecule has 31 heavy (non-hydrogen) atoms. The lowest BCUT2D eigenvalue weighted by Crippen LogP contribution is -2.41. The second kappa shape index (κ2) is 8.57. The van der Waals surface area contributed by atoms with Crippen molar-refractivity contribution in [1.82, 2.24) is 29.0 Å². The number of aryl methyl sites for hydroxylation is 1. The molecule has 11 nitrogen and oxygen atoms in total. The third-order valence-corrected chi connectivity index (χ3v) is 7.07. The molecule has 12 heteroatoms. The van der Waals surface area contributed by atoms with E-state index in [1.165, 1.54) is 32.1 Å². The lowest BCUT2D eigenvalue weighted by molar-refractivity contribution is -0.121. The number of hydrogen-bond acceptors (Lipinski definition) is 7. The molecule has 3 heterocycles. The van der Waals surface area contributed by atoms with Crippen LogP contribution in [0.5, 0.6) is 0 Å². The molecule has 0 bridgehead atoms. The summed E-state index contributed by atoms with van der Waals surface area (Å²) < 4.78 is 35.3. The van der Waals surface area contributed by atoms with Crippen molar-refractivity contribution in [3.63, 3.8) is 0 Å². The zero-order valence-corrected chi connectivity index (χ0v) is 17.7. The SMILES string of the molecule is Cn1ncc2c(=O)n(CC(=O)NCc3ccccc3S(=O)(=O)N3CCOCC3)cnc21. The zero-order valence-electron chi connectivity index (χ0n) is 16.9. The Morgan fingerprint density at radius 1 is 1.23 bits per heavy atom. The molecule has 164 valence electrons. The molecular weight excluding hydrogens is 424 g/mol. The summed E-state index contributed by atoms with van der Waals surface area (Å²) in [7, 11) is -2.03. The second-order valence-electron chi connectivity index (χ2n) is 7.08. The largest absolute Gasteiger partial charge is 0.379 e. The van der Waals surface area contributed by atoms with Gasteiger partial charge in [-0.3, -0.25) is 18.8 Å². The number of ether oxygens (including phenoxy) is 1. The minimum atomic E-state index is -3.70. The minimum absolute atomic E-state index is 0.00981. The van der Waals surface area contributed by atoms with E-state index in [4.69, 9.17) is 4.74 Å². The van der Waals surface area contributed by atoms with Gasteiger partial charge in [0.2, 0.25) is 15.9 Å². The van der Waals surface area contributed by atoms with E-state index in [-0.39, 0.29) is 36.6 Å². The summed E-state index contributed by atoms with van der Waals surface area (Å²) >= 11 is 0. The van der Waals surface area contributed by atoms with Gasteiger partial charge in [0.25, 0.3) is 5.56 Å². The number of aromatic nitrogens is 4. The fraction of sp³-hybridized carbons (Fsp3) is 0.368. The number of nitrogens with zero attached hydrogens (tertiary/aromatic N) is 5. The molecule has 1 fully saturated rings. The van der Waals surface area contributed by atoms with Crippen LogP contribution in [0.15, 0.2) is 46.5 Å². The van der Waals surface area contributed by atoms with E-state index in [9.17, 15) is 18.0 Å². The Hall–Kier alpha value is -3.09. The first-order chi connectivity index (χ1) is 14.9. The van der Waals surface area contributed by atoms with Crippen molar-refractivity contribution in [3.8, 4) is 0 Å². The fourth-order valence-electron chi connectivity index (χ4n) is 3.41. The van der Waals surface area contributed by atoms with Crippen molar-refractivity contribution in [2.45, 2.75) is 18.0 Å². The number of benzene rings is 1.